The van der Waals surface area contributed by atoms with Crippen molar-refractivity contribution in [3.8, 4) is 11.3 Å². The monoisotopic (exact) mass is 499 g/mol. The van der Waals surface area contributed by atoms with Crippen LogP contribution in [-0.4, -0.2) is 25.6 Å². The number of nitro benzene ring substituents is 1. The molecule has 1 N–H and O–H groups in total. The first-order valence-corrected chi connectivity index (χ1v) is 11.9. The van der Waals surface area contributed by atoms with Crippen molar-refractivity contribution in [3.05, 3.63) is 94.5 Å². The molecular weight excluding hydrogens is 478 g/mol. The van der Waals surface area contributed by atoms with E-state index in [4.69, 9.17) is 4.42 Å². The molecule has 1 amide bonds. The molecule has 5 aromatic rings. The van der Waals surface area contributed by atoms with Crippen LogP contribution in [0.25, 0.3) is 22.4 Å². The average molecular weight is 500 g/mol. The van der Waals surface area contributed by atoms with Crippen LogP contribution >= 0.6 is 11.8 Å². The van der Waals surface area contributed by atoms with E-state index >= 15 is 0 Å². The van der Waals surface area contributed by atoms with Crippen LogP contribution in [0.15, 0.2) is 87.3 Å². The number of pyridine rings is 1. The van der Waals surface area contributed by atoms with Crippen LogP contribution in [0, 0.1) is 24.0 Å². The molecular formula is C26H21N5O4S. The quantitative estimate of drug-likeness (QED) is 0.215. The van der Waals surface area contributed by atoms with E-state index in [9.17, 15) is 14.9 Å². The number of carbonyl (C=O) groups excluding carboxylic acids is 1. The van der Waals surface area contributed by atoms with Gasteiger partial charge in [-0.05, 0) is 50.2 Å². The largest absolute Gasteiger partial charge is 0.464 e. The van der Waals surface area contributed by atoms with Crippen molar-refractivity contribution in [1.82, 2.24) is 14.8 Å². The van der Waals surface area contributed by atoms with E-state index in [0.29, 0.717) is 27.7 Å². The topological polar surface area (TPSA) is 116 Å². The van der Waals surface area contributed by atoms with Gasteiger partial charge in [-0.15, -0.1) is 0 Å². The molecule has 0 unspecified atom stereocenters. The maximum Gasteiger partial charge on any atom is 0.272 e. The minimum Gasteiger partial charge on any atom is -0.464 e. The molecule has 0 aliphatic rings. The Bertz CT molecular complexity index is 1580. The Kier molecular flexibility index (Phi) is 6.26. The van der Waals surface area contributed by atoms with Crippen LogP contribution in [0.1, 0.15) is 11.3 Å². The molecule has 0 aliphatic heterocycles. The number of anilines is 1. The van der Waals surface area contributed by atoms with Gasteiger partial charge in [-0.25, -0.2) is 9.67 Å². The summed E-state index contributed by atoms with van der Waals surface area (Å²) in [6.07, 6.45) is 3.24. The number of nitro groups is 1. The summed E-state index contributed by atoms with van der Waals surface area (Å²) >= 11 is 1.39. The van der Waals surface area contributed by atoms with E-state index < -0.39 is 4.92 Å². The molecule has 0 bridgehead atoms. The Labute approximate surface area is 210 Å². The number of hydrogen-bond acceptors (Lipinski definition) is 7. The molecule has 0 aliphatic carbocycles. The van der Waals surface area contributed by atoms with Gasteiger partial charge in [-0.3, -0.25) is 14.9 Å². The summed E-state index contributed by atoms with van der Waals surface area (Å²) < 4.78 is 7.06. The number of furan rings is 1. The van der Waals surface area contributed by atoms with Gasteiger partial charge in [-0.1, -0.05) is 29.5 Å². The van der Waals surface area contributed by atoms with Gasteiger partial charge >= 0.3 is 0 Å². The third kappa shape index (κ3) is 4.84. The third-order valence-electron chi connectivity index (χ3n) is 5.53. The number of non-ortho nitro benzene ring substituents is 1. The number of aryl methyl sites for hydroxylation is 2. The van der Waals surface area contributed by atoms with Gasteiger partial charge in [0.1, 0.15) is 12.3 Å². The van der Waals surface area contributed by atoms with Crippen LogP contribution in [0.5, 0.6) is 0 Å². The van der Waals surface area contributed by atoms with E-state index in [1.165, 1.54) is 28.6 Å². The zero-order valence-electron chi connectivity index (χ0n) is 19.5. The predicted octanol–water partition coefficient (Wildman–Crippen LogP) is 6.01. The molecule has 9 nitrogen and oxygen atoms in total. The van der Waals surface area contributed by atoms with Crippen LogP contribution in [0.3, 0.4) is 0 Å². The zero-order valence-corrected chi connectivity index (χ0v) is 20.3. The van der Waals surface area contributed by atoms with Gasteiger partial charge < -0.3 is 9.73 Å². The average Bonchev–Trinajstić information content (AvgIpc) is 3.49. The fourth-order valence-electron chi connectivity index (χ4n) is 3.93. The number of nitrogens with one attached hydrogen (secondary N) is 1. The number of hydrogen-bond donors (Lipinski definition) is 1. The molecule has 0 spiro atoms. The smallest absolute Gasteiger partial charge is 0.272 e. The van der Waals surface area contributed by atoms with Gasteiger partial charge in [0.15, 0.2) is 5.65 Å². The van der Waals surface area contributed by atoms with E-state index in [0.717, 1.165) is 21.4 Å². The maximum absolute atomic E-state index is 12.9. The molecule has 36 heavy (non-hydrogen) atoms. The molecule has 0 atom stereocenters. The molecule has 0 saturated carbocycles. The molecule has 5 rings (SSSR count). The van der Waals surface area contributed by atoms with Crippen LogP contribution in [-0.2, 0) is 11.3 Å². The molecule has 3 aromatic heterocycles. The lowest BCUT2D eigenvalue weighted by Gasteiger charge is -2.09. The van der Waals surface area contributed by atoms with E-state index in [1.807, 2.05) is 50.2 Å². The van der Waals surface area contributed by atoms with E-state index in [-0.39, 0.29) is 18.1 Å². The molecule has 0 fully saturated rings. The summed E-state index contributed by atoms with van der Waals surface area (Å²) in [6, 6.07) is 17.9. The number of fused-ring (bicyclic) bond motifs is 1. The maximum atomic E-state index is 12.9. The van der Waals surface area contributed by atoms with E-state index in [1.54, 1.807) is 24.6 Å². The van der Waals surface area contributed by atoms with E-state index in [2.05, 4.69) is 15.4 Å². The number of nitrogens with zero attached hydrogens (tertiary/aromatic N) is 4. The number of rotatable bonds is 7. The Balaban J connectivity index is 1.40. The number of amides is 1. The predicted molar refractivity (Wildman–Crippen MR) is 137 cm³/mol. The Morgan fingerprint density at radius 2 is 1.92 bits per heavy atom. The second-order valence-electron chi connectivity index (χ2n) is 8.21. The summed E-state index contributed by atoms with van der Waals surface area (Å²) in [5, 5.41) is 19.6. The first-order valence-electron chi connectivity index (χ1n) is 11.1. The van der Waals surface area contributed by atoms with Crippen LogP contribution in [0.4, 0.5) is 11.4 Å². The molecule has 0 radical (unpaired) electrons. The lowest BCUT2D eigenvalue weighted by atomic mass is 10.1. The van der Waals surface area contributed by atoms with Crippen molar-refractivity contribution in [2.24, 2.45) is 0 Å². The van der Waals surface area contributed by atoms with Gasteiger partial charge in [0, 0.05) is 39.4 Å². The highest BCUT2D eigenvalue weighted by atomic mass is 32.2. The van der Waals surface area contributed by atoms with Crippen molar-refractivity contribution >= 4 is 40.1 Å². The fourth-order valence-corrected chi connectivity index (χ4v) is 4.84. The molecule has 2 aromatic carbocycles. The van der Waals surface area contributed by atoms with Crippen molar-refractivity contribution < 1.29 is 14.1 Å². The minimum absolute atomic E-state index is 0.104. The van der Waals surface area contributed by atoms with Gasteiger partial charge in [0.25, 0.3) is 5.69 Å². The lowest BCUT2D eigenvalue weighted by Crippen LogP contribution is -2.20. The fraction of sp³-hybridized carbons (Fsp3) is 0.115. The van der Waals surface area contributed by atoms with Gasteiger partial charge in [-0.2, -0.15) is 5.10 Å². The summed E-state index contributed by atoms with van der Waals surface area (Å²) in [5.74, 6) is 0.307. The normalized spacial score (nSPS) is 11.1. The minimum atomic E-state index is -0.473. The van der Waals surface area contributed by atoms with Gasteiger partial charge in [0.05, 0.1) is 22.3 Å². The van der Waals surface area contributed by atoms with Gasteiger partial charge in [0.2, 0.25) is 5.91 Å². The standard InChI is InChI=1S/C26H21N5O4S/c1-16-5-7-20(8-6-16)36-21-13-18(12-19(14-21)31(33)34)28-24(32)15-30-26-25(17(2)29-30)22(9-10-27-26)23-4-3-11-35-23/h3-14H,15H2,1-2H3,(H,28,32). The number of carbonyl (C=O) groups is 1. The van der Waals surface area contributed by atoms with Crippen molar-refractivity contribution in [3.63, 3.8) is 0 Å². The molecule has 0 saturated heterocycles. The highest BCUT2D eigenvalue weighted by molar-refractivity contribution is 7.99. The third-order valence-corrected chi connectivity index (χ3v) is 6.51. The zero-order chi connectivity index (χ0) is 25.2. The summed E-state index contributed by atoms with van der Waals surface area (Å²) in [4.78, 5) is 30.0. The van der Waals surface area contributed by atoms with Crippen molar-refractivity contribution in [2.75, 3.05) is 5.32 Å². The Morgan fingerprint density at radius 3 is 2.64 bits per heavy atom. The number of aromatic nitrogens is 3. The Morgan fingerprint density at radius 1 is 1.11 bits per heavy atom. The first kappa shape index (κ1) is 23.3. The summed E-state index contributed by atoms with van der Waals surface area (Å²) in [5.41, 5.74) is 3.45. The summed E-state index contributed by atoms with van der Waals surface area (Å²) in [7, 11) is 0. The second kappa shape index (κ2) is 9.67. The molecule has 3 heterocycles. The highest BCUT2D eigenvalue weighted by Crippen LogP contribution is 2.33. The Hall–Kier alpha value is -4.44. The molecule has 180 valence electrons. The molecule has 10 heteroatoms. The lowest BCUT2D eigenvalue weighted by molar-refractivity contribution is -0.385. The number of benzene rings is 2. The van der Waals surface area contributed by atoms with Crippen molar-refractivity contribution in [1.29, 1.82) is 0 Å². The van der Waals surface area contributed by atoms with Crippen LogP contribution in [0.2, 0.25) is 0 Å². The highest BCUT2D eigenvalue weighted by Gasteiger charge is 2.18. The van der Waals surface area contributed by atoms with Crippen LogP contribution < -0.4 is 5.32 Å². The SMILES string of the molecule is Cc1ccc(Sc2cc(NC(=O)Cn3nc(C)c4c(-c5ccco5)ccnc43)cc([N+](=O)[O-])c2)cc1. The second-order valence-corrected chi connectivity index (χ2v) is 9.36. The van der Waals surface area contributed by atoms with Crippen molar-refractivity contribution in [2.45, 2.75) is 30.2 Å². The first-order chi connectivity index (χ1) is 17.4. The summed E-state index contributed by atoms with van der Waals surface area (Å²) in [6.45, 7) is 3.73.